The van der Waals surface area contributed by atoms with E-state index in [2.05, 4.69) is 29.6 Å². The van der Waals surface area contributed by atoms with E-state index >= 15 is 0 Å². The Bertz CT molecular complexity index is 1270. The zero-order valence-corrected chi connectivity index (χ0v) is 23.2. The van der Waals surface area contributed by atoms with Gasteiger partial charge in [0.05, 0.1) is 13.1 Å². The zero-order chi connectivity index (χ0) is 27.8. The molecule has 0 unspecified atom stereocenters. The fraction of sp³-hybridized carbons (Fsp3) is 0.323. The van der Waals surface area contributed by atoms with E-state index in [1.807, 2.05) is 42.5 Å². The number of aryl methyl sites for hydroxylation is 1. The molecule has 4 rings (SSSR count). The van der Waals surface area contributed by atoms with Crippen molar-refractivity contribution in [1.82, 2.24) is 4.31 Å². The third-order valence-electron chi connectivity index (χ3n) is 6.97. The van der Waals surface area contributed by atoms with Crippen LogP contribution < -0.4 is 10.2 Å². The molecule has 3 aromatic carbocycles. The molecule has 0 saturated heterocycles. The lowest BCUT2D eigenvalue weighted by Crippen LogP contribution is -2.36. The number of hydrogen-bond acceptors (Lipinski definition) is 5. The van der Waals surface area contributed by atoms with Crippen LogP contribution in [0.25, 0.3) is 0 Å². The average molecular weight is 546 g/mol. The van der Waals surface area contributed by atoms with Crippen LogP contribution in [0.2, 0.25) is 0 Å². The Morgan fingerprint density at radius 1 is 0.897 bits per heavy atom. The minimum absolute atomic E-state index is 0.0733. The smallest absolute Gasteiger partial charge is 0.394 e. The Hall–Kier alpha value is -3.62. The first-order chi connectivity index (χ1) is 18.8. The fourth-order valence-electron chi connectivity index (χ4n) is 4.83. The summed E-state index contributed by atoms with van der Waals surface area (Å²) in [6.45, 7) is 2.63. The van der Waals surface area contributed by atoms with Gasteiger partial charge in [-0.2, -0.15) is 0 Å². The quantitative estimate of drug-likeness (QED) is 0.244. The molecular weight excluding hydrogens is 510 g/mol. The molecule has 1 fully saturated rings. The van der Waals surface area contributed by atoms with Crippen molar-refractivity contribution in [3.8, 4) is 0 Å². The summed E-state index contributed by atoms with van der Waals surface area (Å²) in [4.78, 5) is 38.8. The third-order valence-corrected chi connectivity index (χ3v) is 7.89. The van der Waals surface area contributed by atoms with Gasteiger partial charge in [-0.05, 0) is 92.2 Å². The minimum Gasteiger partial charge on any atom is -0.474 e. The average Bonchev–Trinajstić information content (AvgIpc) is 2.94. The van der Waals surface area contributed by atoms with Crippen molar-refractivity contribution in [3.63, 3.8) is 0 Å². The predicted molar refractivity (Wildman–Crippen MR) is 156 cm³/mol. The van der Waals surface area contributed by atoms with E-state index in [9.17, 15) is 14.4 Å². The van der Waals surface area contributed by atoms with Crippen molar-refractivity contribution >= 4 is 41.1 Å². The molecule has 0 radical (unpaired) electrons. The van der Waals surface area contributed by atoms with Gasteiger partial charge in [-0.25, -0.2) is 9.10 Å². The van der Waals surface area contributed by atoms with Crippen LogP contribution in [-0.2, 0) is 20.9 Å². The second-order valence-corrected chi connectivity index (χ2v) is 11.3. The summed E-state index contributed by atoms with van der Waals surface area (Å²) in [5.74, 6) is -2.12. The number of likely N-dealkylation sites (N-methyl/N-ethyl adjacent to an activating group) is 1. The van der Waals surface area contributed by atoms with Gasteiger partial charge in [-0.3, -0.25) is 9.59 Å². The Labute approximate surface area is 234 Å². The van der Waals surface area contributed by atoms with Crippen molar-refractivity contribution in [2.75, 3.05) is 23.8 Å². The van der Waals surface area contributed by atoms with Gasteiger partial charge in [0.2, 0.25) is 5.91 Å². The number of amides is 2. The van der Waals surface area contributed by atoms with Gasteiger partial charge in [0, 0.05) is 16.3 Å². The second kappa shape index (κ2) is 13.4. The number of aliphatic carboxylic acids is 1. The van der Waals surface area contributed by atoms with Crippen LogP contribution in [0, 0.1) is 6.92 Å². The molecule has 204 valence electrons. The number of nitrogens with zero attached hydrogens (tertiary/aromatic N) is 2. The summed E-state index contributed by atoms with van der Waals surface area (Å²) >= 11 is 1.51. The Kier molecular flexibility index (Phi) is 9.79. The SMILES string of the molecule is Cc1ccc(SN(C)CC(=O)N(Cc2ccc(C3CCCCC3)cc2)c2ccc(NC(=O)C(=O)O)cc2)cc1. The molecule has 1 aliphatic rings. The summed E-state index contributed by atoms with van der Waals surface area (Å²) in [5, 5.41) is 11.2. The summed E-state index contributed by atoms with van der Waals surface area (Å²) in [5.41, 5.74) is 4.59. The number of carbonyl (C=O) groups excluding carboxylic acids is 2. The van der Waals surface area contributed by atoms with Gasteiger partial charge in [0.1, 0.15) is 0 Å². The molecule has 1 saturated carbocycles. The number of nitrogens with one attached hydrogen (secondary N) is 1. The van der Waals surface area contributed by atoms with Crippen molar-refractivity contribution in [3.05, 3.63) is 89.5 Å². The van der Waals surface area contributed by atoms with Crippen LogP contribution in [0.15, 0.2) is 77.7 Å². The maximum atomic E-state index is 13.6. The van der Waals surface area contributed by atoms with Crippen molar-refractivity contribution in [2.24, 2.45) is 0 Å². The molecule has 7 nitrogen and oxygen atoms in total. The standard InChI is InChI=1S/C31H35N3O4S/c1-22-8-18-28(19-9-22)39-33(2)21-29(35)34(27-16-14-26(15-17-27)32-30(36)31(37)38)20-23-10-12-25(13-11-23)24-6-4-3-5-7-24/h8-19,24H,3-7,20-21H2,1-2H3,(H,32,36)(H,37,38). The van der Waals surface area contributed by atoms with Gasteiger partial charge >= 0.3 is 11.9 Å². The van der Waals surface area contributed by atoms with Gasteiger partial charge in [-0.1, -0.05) is 61.2 Å². The highest BCUT2D eigenvalue weighted by molar-refractivity contribution is 7.97. The van der Waals surface area contributed by atoms with Crippen LogP contribution >= 0.6 is 11.9 Å². The third kappa shape index (κ3) is 8.18. The van der Waals surface area contributed by atoms with Gasteiger partial charge in [-0.15, -0.1) is 0 Å². The number of hydrogen-bond donors (Lipinski definition) is 2. The van der Waals surface area contributed by atoms with Crippen molar-refractivity contribution in [1.29, 1.82) is 0 Å². The van der Waals surface area contributed by atoms with Crippen molar-refractivity contribution in [2.45, 2.75) is 56.4 Å². The first kappa shape index (κ1) is 28.4. The molecule has 0 bridgehead atoms. The van der Waals surface area contributed by atoms with Crippen LogP contribution in [0.1, 0.15) is 54.7 Å². The molecule has 0 aromatic heterocycles. The van der Waals surface area contributed by atoms with E-state index in [1.54, 1.807) is 29.2 Å². The Morgan fingerprint density at radius 2 is 1.54 bits per heavy atom. The Balaban J connectivity index is 1.50. The van der Waals surface area contributed by atoms with Crippen LogP contribution in [-0.4, -0.2) is 40.8 Å². The molecule has 0 atom stereocenters. The number of benzene rings is 3. The summed E-state index contributed by atoms with van der Waals surface area (Å²) in [6, 6.07) is 23.4. The maximum absolute atomic E-state index is 13.6. The first-order valence-corrected chi connectivity index (χ1v) is 14.0. The number of anilines is 2. The fourth-order valence-corrected chi connectivity index (χ4v) is 5.63. The normalized spacial score (nSPS) is 13.7. The molecule has 0 spiro atoms. The van der Waals surface area contributed by atoms with Gasteiger partial charge in [0.25, 0.3) is 0 Å². The lowest BCUT2D eigenvalue weighted by Gasteiger charge is -2.26. The molecule has 0 aliphatic heterocycles. The largest absolute Gasteiger partial charge is 0.474 e. The molecule has 2 amide bonds. The monoisotopic (exact) mass is 545 g/mol. The van der Waals surface area contributed by atoms with E-state index in [0.717, 1.165) is 10.5 Å². The maximum Gasteiger partial charge on any atom is 0.394 e. The highest BCUT2D eigenvalue weighted by atomic mass is 32.2. The zero-order valence-electron chi connectivity index (χ0n) is 22.4. The number of rotatable bonds is 9. The van der Waals surface area contributed by atoms with E-state index in [-0.39, 0.29) is 12.5 Å². The van der Waals surface area contributed by atoms with E-state index in [1.165, 1.54) is 55.2 Å². The second-order valence-electron chi connectivity index (χ2n) is 10.1. The van der Waals surface area contributed by atoms with Gasteiger partial charge < -0.3 is 15.3 Å². The lowest BCUT2D eigenvalue weighted by molar-refractivity contribution is -0.147. The van der Waals surface area contributed by atoms with E-state index < -0.39 is 11.9 Å². The lowest BCUT2D eigenvalue weighted by atomic mass is 9.84. The predicted octanol–water partition coefficient (Wildman–Crippen LogP) is 6.24. The highest BCUT2D eigenvalue weighted by Crippen LogP contribution is 2.33. The minimum atomic E-state index is -1.55. The van der Waals surface area contributed by atoms with Gasteiger partial charge in [0.15, 0.2) is 0 Å². The summed E-state index contributed by atoms with van der Waals surface area (Å²) in [7, 11) is 1.89. The molecular formula is C31H35N3O4S. The molecule has 0 heterocycles. The molecule has 3 aromatic rings. The number of carbonyl (C=O) groups is 3. The van der Waals surface area contributed by atoms with Crippen LogP contribution in [0.5, 0.6) is 0 Å². The summed E-state index contributed by atoms with van der Waals surface area (Å²) < 4.78 is 1.91. The number of carboxylic acid groups (broad SMARTS) is 1. The topological polar surface area (TPSA) is 90.0 Å². The molecule has 39 heavy (non-hydrogen) atoms. The first-order valence-electron chi connectivity index (χ1n) is 13.3. The van der Waals surface area contributed by atoms with E-state index in [0.29, 0.717) is 23.8 Å². The van der Waals surface area contributed by atoms with Crippen LogP contribution in [0.3, 0.4) is 0 Å². The highest BCUT2D eigenvalue weighted by Gasteiger charge is 2.20. The molecule has 2 N–H and O–H groups in total. The van der Waals surface area contributed by atoms with Crippen LogP contribution in [0.4, 0.5) is 11.4 Å². The number of carboxylic acids is 1. The molecule has 1 aliphatic carbocycles. The molecule has 8 heteroatoms. The van der Waals surface area contributed by atoms with Crippen molar-refractivity contribution < 1.29 is 19.5 Å². The Morgan fingerprint density at radius 3 is 2.15 bits per heavy atom. The summed E-state index contributed by atoms with van der Waals surface area (Å²) in [6.07, 6.45) is 6.36. The van der Waals surface area contributed by atoms with E-state index in [4.69, 9.17) is 5.11 Å².